The van der Waals surface area contributed by atoms with Gasteiger partial charge in [-0.3, -0.25) is 0 Å². The topological polar surface area (TPSA) is 32.3 Å². The summed E-state index contributed by atoms with van der Waals surface area (Å²) in [6.45, 7) is 0. The summed E-state index contributed by atoms with van der Waals surface area (Å²) in [5.74, 6) is 0.423. The van der Waals surface area contributed by atoms with Crippen LogP contribution >= 0.6 is 0 Å². The predicted octanol–water partition coefficient (Wildman–Crippen LogP) is 0.908. The number of hydrogen-bond donors (Lipinski definition) is 2. The molecule has 0 amide bonds. The van der Waals surface area contributed by atoms with E-state index < -0.39 is 0 Å². The standard InChI is InChI=1S/C13H11NO/c15-10-5-6-13-12(7-10)11-4-2-1-3-9(11)8-14-13/h1-6,8,14-15H,7H2. The Balaban J connectivity index is 2.36. The van der Waals surface area contributed by atoms with E-state index in [9.17, 15) is 5.11 Å². The number of fused-ring (bicyclic) bond motifs is 2. The summed E-state index contributed by atoms with van der Waals surface area (Å²) in [7, 11) is 0. The van der Waals surface area contributed by atoms with Crippen LogP contribution in [0.4, 0.5) is 0 Å². The lowest BCUT2D eigenvalue weighted by Gasteiger charge is -2.19. The maximum Gasteiger partial charge on any atom is 0.0968 e. The fraction of sp³-hybridized carbons (Fsp3) is 0.0769. The molecule has 15 heavy (non-hydrogen) atoms. The van der Waals surface area contributed by atoms with Crippen molar-refractivity contribution in [3.63, 3.8) is 0 Å². The Bertz CT molecular complexity index is 593. The first kappa shape index (κ1) is 8.36. The van der Waals surface area contributed by atoms with Crippen molar-refractivity contribution in [2.24, 2.45) is 0 Å². The molecular weight excluding hydrogens is 186 g/mol. The van der Waals surface area contributed by atoms with Crippen LogP contribution in [0.3, 0.4) is 0 Å². The van der Waals surface area contributed by atoms with Crippen LogP contribution in [0, 0.1) is 0 Å². The Morgan fingerprint density at radius 1 is 1.13 bits per heavy atom. The van der Waals surface area contributed by atoms with Gasteiger partial charge in [-0.05, 0) is 28.2 Å². The van der Waals surface area contributed by atoms with Gasteiger partial charge in [0.25, 0.3) is 0 Å². The van der Waals surface area contributed by atoms with Crippen molar-refractivity contribution < 1.29 is 5.11 Å². The lowest BCUT2D eigenvalue weighted by Crippen LogP contribution is -2.35. The lowest BCUT2D eigenvalue weighted by molar-refractivity contribution is 0.401. The van der Waals surface area contributed by atoms with Crippen LogP contribution in [0.2, 0.25) is 0 Å². The van der Waals surface area contributed by atoms with Crippen LogP contribution < -0.4 is 15.8 Å². The van der Waals surface area contributed by atoms with Gasteiger partial charge in [0.05, 0.1) is 5.76 Å². The Hall–Kier alpha value is -1.96. The van der Waals surface area contributed by atoms with Crippen molar-refractivity contribution in [2.45, 2.75) is 6.42 Å². The van der Waals surface area contributed by atoms with Gasteiger partial charge in [-0.25, -0.2) is 0 Å². The van der Waals surface area contributed by atoms with Gasteiger partial charge in [0.15, 0.2) is 0 Å². The van der Waals surface area contributed by atoms with Gasteiger partial charge < -0.3 is 10.4 Å². The van der Waals surface area contributed by atoms with Gasteiger partial charge >= 0.3 is 0 Å². The second kappa shape index (κ2) is 3.02. The number of aliphatic hydroxyl groups is 1. The SMILES string of the molecule is OC1=CC=C2NC=c3ccccc3=C2C1. The quantitative estimate of drug-likeness (QED) is 0.648. The summed E-state index contributed by atoms with van der Waals surface area (Å²) in [4.78, 5) is 0. The molecule has 0 radical (unpaired) electrons. The monoisotopic (exact) mass is 197 g/mol. The van der Waals surface area contributed by atoms with Crippen LogP contribution in [0.15, 0.2) is 47.9 Å². The van der Waals surface area contributed by atoms with E-state index in [1.807, 2.05) is 24.4 Å². The van der Waals surface area contributed by atoms with Crippen LogP contribution in [0.25, 0.3) is 11.8 Å². The van der Waals surface area contributed by atoms with E-state index in [1.165, 1.54) is 16.0 Å². The fourth-order valence-corrected chi connectivity index (χ4v) is 2.04. The smallest absolute Gasteiger partial charge is 0.0968 e. The molecule has 0 atom stereocenters. The van der Waals surface area contributed by atoms with Gasteiger partial charge in [-0.15, -0.1) is 0 Å². The Morgan fingerprint density at radius 2 is 2.00 bits per heavy atom. The van der Waals surface area contributed by atoms with E-state index >= 15 is 0 Å². The first-order valence-electron chi connectivity index (χ1n) is 5.00. The molecule has 0 aromatic heterocycles. The first-order valence-corrected chi connectivity index (χ1v) is 5.00. The van der Waals surface area contributed by atoms with Crippen molar-refractivity contribution in [1.29, 1.82) is 0 Å². The molecule has 0 saturated carbocycles. The van der Waals surface area contributed by atoms with Crippen LogP contribution in [0.1, 0.15) is 6.42 Å². The van der Waals surface area contributed by atoms with E-state index in [1.54, 1.807) is 6.08 Å². The Morgan fingerprint density at radius 3 is 2.93 bits per heavy atom. The summed E-state index contributed by atoms with van der Waals surface area (Å²) < 4.78 is 0. The summed E-state index contributed by atoms with van der Waals surface area (Å²) in [6.07, 6.45) is 6.28. The molecule has 1 aromatic carbocycles. The molecule has 2 aliphatic rings. The second-order valence-electron chi connectivity index (χ2n) is 3.77. The molecule has 1 aliphatic heterocycles. The van der Waals surface area contributed by atoms with Gasteiger partial charge in [-0.2, -0.15) is 0 Å². The van der Waals surface area contributed by atoms with E-state index in [0.29, 0.717) is 12.2 Å². The average molecular weight is 197 g/mol. The number of rotatable bonds is 0. The number of nitrogens with one attached hydrogen (secondary N) is 1. The minimum Gasteiger partial charge on any atom is -0.512 e. The zero-order valence-corrected chi connectivity index (χ0v) is 8.20. The van der Waals surface area contributed by atoms with Crippen molar-refractivity contribution in [3.8, 4) is 0 Å². The van der Waals surface area contributed by atoms with Crippen LogP contribution in [-0.4, -0.2) is 5.11 Å². The van der Waals surface area contributed by atoms with E-state index in [4.69, 9.17) is 0 Å². The molecule has 2 nitrogen and oxygen atoms in total. The molecule has 1 aromatic rings. The highest BCUT2D eigenvalue weighted by atomic mass is 16.3. The third kappa shape index (κ3) is 1.26. The number of benzene rings is 1. The maximum absolute atomic E-state index is 9.53. The van der Waals surface area contributed by atoms with E-state index in [0.717, 1.165) is 5.70 Å². The van der Waals surface area contributed by atoms with Gasteiger partial charge in [0.1, 0.15) is 0 Å². The third-order valence-electron chi connectivity index (χ3n) is 2.79. The molecule has 0 bridgehead atoms. The van der Waals surface area contributed by atoms with Gasteiger partial charge in [0, 0.05) is 18.3 Å². The molecule has 0 unspecified atom stereocenters. The molecule has 1 aliphatic carbocycles. The van der Waals surface area contributed by atoms with Crippen molar-refractivity contribution in [1.82, 2.24) is 5.32 Å². The highest BCUT2D eigenvalue weighted by Gasteiger charge is 2.14. The second-order valence-corrected chi connectivity index (χ2v) is 3.77. The largest absolute Gasteiger partial charge is 0.512 e. The molecule has 74 valence electrons. The van der Waals surface area contributed by atoms with Crippen LogP contribution in [0.5, 0.6) is 0 Å². The van der Waals surface area contributed by atoms with Crippen molar-refractivity contribution in [2.75, 3.05) is 0 Å². The molecule has 1 heterocycles. The minimum atomic E-state index is 0.423. The average Bonchev–Trinajstić information content (AvgIpc) is 2.29. The minimum absolute atomic E-state index is 0.423. The summed E-state index contributed by atoms with van der Waals surface area (Å²) in [5.41, 5.74) is 2.26. The highest BCUT2D eigenvalue weighted by Crippen LogP contribution is 2.21. The van der Waals surface area contributed by atoms with Gasteiger partial charge in [0.2, 0.25) is 0 Å². The van der Waals surface area contributed by atoms with Crippen LogP contribution in [-0.2, 0) is 0 Å². The zero-order valence-electron chi connectivity index (χ0n) is 8.20. The van der Waals surface area contributed by atoms with Crippen molar-refractivity contribution in [3.05, 3.63) is 58.3 Å². The molecule has 0 saturated heterocycles. The fourth-order valence-electron chi connectivity index (χ4n) is 2.04. The van der Waals surface area contributed by atoms with E-state index in [-0.39, 0.29) is 0 Å². The Labute approximate surface area is 87.6 Å². The normalized spacial score (nSPS) is 17.7. The number of hydrogen-bond acceptors (Lipinski definition) is 2. The predicted molar refractivity (Wildman–Crippen MR) is 60.1 cm³/mol. The van der Waals surface area contributed by atoms with Gasteiger partial charge in [-0.1, -0.05) is 24.3 Å². The first-order chi connectivity index (χ1) is 7.34. The maximum atomic E-state index is 9.53. The summed E-state index contributed by atoms with van der Waals surface area (Å²) in [5, 5.41) is 15.2. The molecule has 0 fully saturated rings. The third-order valence-corrected chi connectivity index (χ3v) is 2.79. The Kier molecular flexibility index (Phi) is 1.68. The number of allylic oxidation sites excluding steroid dienone is 4. The number of aliphatic hydroxyl groups excluding tert-OH is 1. The zero-order chi connectivity index (χ0) is 10.3. The molecule has 2 N–H and O–H groups in total. The summed E-state index contributed by atoms with van der Waals surface area (Å²) >= 11 is 0. The lowest BCUT2D eigenvalue weighted by atomic mass is 9.97. The molecule has 0 spiro atoms. The molecular formula is C13H11NO. The molecule has 2 heteroatoms. The summed E-state index contributed by atoms with van der Waals surface area (Å²) in [6, 6.07) is 8.21. The molecule has 3 rings (SSSR count). The van der Waals surface area contributed by atoms with E-state index in [2.05, 4.69) is 17.4 Å². The van der Waals surface area contributed by atoms with Crippen molar-refractivity contribution >= 4 is 11.8 Å². The highest BCUT2D eigenvalue weighted by molar-refractivity contribution is 5.71.